The molecule has 2 atom stereocenters. The van der Waals surface area contributed by atoms with Gasteiger partial charge in [0.25, 0.3) is 0 Å². The minimum atomic E-state index is -0.229. The Morgan fingerprint density at radius 1 is 1.14 bits per heavy atom. The summed E-state index contributed by atoms with van der Waals surface area (Å²) in [5.41, 5.74) is 5.35. The minimum absolute atomic E-state index is 0.229. The van der Waals surface area contributed by atoms with Gasteiger partial charge in [0, 0.05) is 56.0 Å². The van der Waals surface area contributed by atoms with Crippen LogP contribution in [0, 0.1) is 17.7 Å². The molecule has 0 amide bonds. The van der Waals surface area contributed by atoms with Crippen molar-refractivity contribution >= 4 is 5.82 Å². The summed E-state index contributed by atoms with van der Waals surface area (Å²) in [4.78, 5) is 12.0. The first-order valence-corrected chi connectivity index (χ1v) is 12.9. The fourth-order valence-electron chi connectivity index (χ4n) is 5.62. The summed E-state index contributed by atoms with van der Waals surface area (Å²) in [7, 11) is 0. The van der Waals surface area contributed by atoms with Crippen molar-refractivity contribution in [2.24, 2.45) is 11.8 Å². The van der Waals surface area contributed by atoms with Gasteiger partial charge in [0.1, 0.15) is 11.6 Å². The predicted molar refractivity (Wildman–Crippen MR) is 140 cm³/mol. The quantitative estimate of drug-likeness (QED) is 0.329. The average Bonchev–Trinajstić information content (AvgIpc) is 3.63. The smallest absolute Gasteiger partial charge is 0.161 e. The van der Waals surface area contributed by atoms with E-state index in [2.05, 4.69) is 44.3 Å². The van der Waals surface area contributed by atoms with Gasteiger partial charge in [-0.1, -0.05) is 25.5 Å². The third-order valence-electron chi connectivity index (χ3n) is 7.73. The molecular weight excluding hydrogens is 453 g/mol. The molecule has 36 heavy (non-hydrogen) atoms. The molecule has 0 bridgehead atoms. The number of pyridine rings is 1. The normalized spacial score (nSPS) is 17.4. The second-order valence-electron chi connectivity index (χ2n) is 10.4. The van der Waals surface area contributed by atoms with E-state index in [0.29, 0.717) is 11.8 Å². The van der Waals surface area contributed by atoms with Gasteiger partial charge in [-0.3, -0.25) is 4.57 Å². The molecule has 3 aromatic heterocycles. The van der Waals surface area contributed by atoms with Crippen LogP contribution in [-0.2, 0) is 6.54 Å². The van der Waals surface area contributed by atoms with Gasteiger partial charge >= 0.3 is 0 Å². The third-order valence-corrected chi connectivity index (χ3v) is 7.73. The zero-order chi connectivity index (χ0) is 24.6. The number of aromatic nitrogens is 4. The number of imidazole rings is 1. The Bertz CT molecular complexity index is 1360. The van der Waals surface area contributed by atoms with Crippen LogP contribution >= 0.6 is 0 Å². The Kier molecular flexibility index (Phi) is 6.09. The molecule has 186 valence electrons. The highest BCUT2D eigenvalue weighted by Crippen LogP contribution is 2.35. The van der Waals surface area contributed by atoms with E-state index in [1.54, 1.807) is 0 Å². The van der Waals surface area contributed by atoms with E-state index < -0.39 is 0 Å². The highest BCUT2D eigenvalue weighted by Gasteiger charge is 2.26. The Hall–Kier alpha value is -3.45. The summed E-state index contributed by atoms with van der Waals surface area (Å²) >= 11 is 0. The van der Waals surface area contributed by atoms with Crippen molar-refractivity contribution in [3.63, 3.8) is 0 Å². The number of fused-ring (bicyclic) bond motifs is 5. The number of hydrogen-bond donors (Lipinski definition) is 1. The van der Waals surface area contributed by atoms with Gasteiger partial charge in [0.05, 0.1) is 17.6 Å². The summed E-state index contributed by atoms with van der Waals surface area (Å²) in [5.74, 6) is 2.77. The zero-order valence-corrected chi connectivity index (χ0v) is 20.6. The molecule has 2 aliphatic rings. The van der Waals surface area contributed by atoms with E-state index in [1.807, 2.05) is 30.7 Å². The molecule has 5 heterocycles. The van der Waals surface area contributed by atoms with Gasteiger partial charge < -0.3 is 14.6 Å². The molecule has 0 aliphatic carbocycles. The number of halogens is 1. The van der Waals surface area contributed by atoms with Crippen LogP contribution in [0.2, 0.25) is 0 Å². The highest BCUT2D eigenvalue weighted by atomic mass is 19.1. The third kappa shape index (κ3) is 4.32. The molecule has 1 saturated heterocycles. The van der Waals surface area contributed by atoms with E-state index in [-0.39, 0.29) is 12.4 Å². The van der Waals surface area contributed by atoms with Crippen LogP contribution in [-0.4, -0.2) is 43.9 Å². The molecule has 0 unspecified atom stereocenters. The van der Waals surface area contributed by atoms with Gasteiger partial charge in [0.2, 0.25) is 0 Å². The molecule has 2 aliphatic heterocycles. The molecule has 1 fully saturated rings. The van der Waals surface area contributed by atoms with Crippen LogP contribution in [0.25, 0.3) is 28.3 Å². The van der Waals surface area contributed by atoms with Gasteiger partial charge in [-0.05, 0) is 60.9 Å². The lowest BCUT2D eigenvalue weighted by Crippen LogP contribution is -2.21. The summed E-state index contributed by atoms with van der Waals surface area (Å²) in [5, 5.41) is 9.27. The van der Waals surface area contributed by atoms with Crippen molar-refractivity contribution < 1.29 is 9.50 Å². The van der Waals surface area contributed by atoms with Crippen molar-refractivity contribution in [1.82, 2.24) is 19.1 Å². The topological polar surface area (TPSA) is 59.1 Å². The lowest BCUT2D eigenvalue weighted by Gasteiger charge is -2.20. The number of benzene rings is 1. The van der Waals surface area contributed by atoms with Crippen LogP contribution < -0.4 is 4.90 Å². The van der Waals surface area contributed by atoms with Crippen molar-refractivity contribution in [1.29, 1.82) is 0 Å². The fourth-order valence-corrected chi connectivity index (χ4v) is 5.62. The maximum atomic E-state index is 13.5. The van der Waals surface area contributed by atoms with E-state index in [1.165, 1.54) is 37.0 Å². The van der Waals surface area contributed by atoms with Crippen LogP contribution in [0.4, 0.5) is 10.2 Å². The molecule has 4 aromatic rings. The van der Waals surface area contributed by atoms with E-state index in [0.717, 1.165) is 60.2 Å². The number of aliphatic hydroxyl groups excluding tert-OH is 1. The predicted octanol–water partition coefficient (Wildman–Crippen LogP) is 5.53. The molecule has 7 heteroatoms. The molecule has 0 saturated carbocycles. The summed E-state index contributed by atoms with van der Waals surface area (Å²) in [6.45, 7) is 5.19. The Balaban J connectivity index is 1.26. The molecule has 0 spiro atoms. The van der Waals surface area contributed by atoms with Crippen molar-refractivity contribution in [2.75, 3.05) is 24.6 Å². The van der Waals surface area contributed by atoms with Crippen LogP contribution in [0.5, 0.6) is 0 Å². The van der Waals surface area contributed by atoms with Crippen LogP contribution in [0.1, 0.15) is 38.2 Å². The van der Waals surface area contributed by atoms with Crippen LogP contribution in [0.15, 0.2) is 61.2 Å². The molecular formula is C29H32FN5O. The Labute approximate surface area is 211 Å². The van der Waals surface area contributed by atoms with Gasteiger partial charge in [-0.2, -0.15) is 0 Å². The average molecular weight is 486 g/mol. The van der Waals surface area contributed by atoms with Gasteiger partial charge in [-0.25, -0.2) is 14.4 Å². The number of hydrogen-bond acceptors (Lipinski definition) is 4. The monoisotopic (exact) mass is 485 g/mol. The second-order valence-corrected chi connectivity index (χ2v) is 10.4. The number of rotatable bonds is 7. The van der Waals surface area contributed by atoms with E-state index >= 15 is 0 Å². The summed E-state index contributed by atoms with van der Waals surface area (Å²) in [6, 6.07) is 11.0. The number of nitrogens with zero attached hydrogens (tertiary/aromatic N) is 5. The molecule has 0 radical (unpaired) electrons. The van der Waals surface area contributed by atoms with Crippen molar-refractivity contribution in [3.8, 4) is 28.3 Å². The standard InChI is InChI=1S/C29H32FN5O/c1-20(19-36)3-2-4-21-9-11-33(16-21)28-14-24-18-34-17-23(22-5-7-25(30)8-6-22)13-26(34)29-31-10-12-35(29)27(24)15-32-28/h5-8,10,12-15,17,20-21,36H,2-4,9,11,16,18-19H2,1H3/t20-,21-/m0/s1. The molecule has 1 aromatic carbocycles. The fraction of sp³-hybridized carbons (Fsp3) is 0.379. The Morgan fingerprint density at radius 3 is 2.83 bits per heavy atom. The lowest BCUT2D eigenvalue weighted by atomic mass is 9.97. The maximum absolute atomic E-state index is 13.5. The first-order valence-electron chi connectivity index (χ1n) is 12.9. The van der Waals surface area contributed by atoms with Crippen molar-refractivity contribution in [3.05, 3.63) is 72.6 Å². The van der Waals surface area contributed by atoms with Gasteiger partial charge in [-0.15, -0.1) is 0 Å². The first kappa shape index (κ1) is 23.0. The molecule has 6 nitrogen and oxygen atoms in total. The summed E-state index contributed by atoms with van der Waals surface area (Å²) in [6.07, 6.45) is 12.6. The van der Waals surface area contributed by atoms with Crippen molar-refractivity contribution in [2.45, 2.75) is 39.2 Å². The highest BCUT2D eigenvalue weighted by molar-refractivity contribution is 5.71. The van der Waals surface area contributed by atoms with Gasteiger partial charge in [0.15, 0.2) is 5.82 Å². The van der Waals surface area contributed by atoms with E-state index in [9.17, 15) is 9.50 Å². The SMILES string of the molecule is C[C@H](CO)CCC[C@H]1CCN(c2cc3c(cn2)-n2ccnc2-c2cc(-c4ccc(F)cc4)cn2C3)C1. The summed E-state index contributed by atoms with van der Waals surface area (Å²) < 4.78 is 17.8. The molecule has 1 N–H and O–H groups in total. The number of anilines is 1. The van der Waals surface area contributed by atoms with Crippen LogP contribution in [0.3, 0.4) is 0 Å². The first-order chi connectivity index (χ1) is 17.6. The lowest BCUT2D eigenvalue weighted by molar-refractivity contribution is 0.225. The minimum Gasteiger partial charge on any atom is -0.396 e. The molecule has 6 rings (SSSR count). The maximum Gasteiger partial charge on any atom is 0.161 e. The van der Waals surface area contributed by atoms with E-state index in [4.69, 9.17) is 4.98 Å². The number of aliphatic hydroxyl groups is 1. The zero-order valence-electron chi connectivity index (χ0n) is 20.6. The Morgan fingerprint density at radius 2 is 2.00 bits per heavy atom. The largest absolute Gasteiger partial charge is 0.396 e. The second kappa shape index (κ2) is 9.54.